The van der Waals surface area contributed by atoms with E-state index in [1.165, 1.54) is 50.3 Å². The fourth-order valence-electron chi connectivity index (χ4n) is 3.62. The van der Waals surface area contributed by atoms with Gasteiger partial charge >= 0.3 is 0 Å². The molecule has 2 aromatic carbocycles. The summed E-state index contributed by atoms with van der Waals surface area (Å²) in [6, 6.07) is 13.7. The van der Waals surface area contributed by atoms with Crippen LogP contribution in [0.1, 0.15) is 60.7 Å². The number of rotatable bonds is 6. The van der Waals surface area contributed by atoms with E-state index in [2.05, 4.69) is 34.2 Å². The highest BCUT2D eigenvalue weighted by atomic mass is 16.5. The molecule has 1 aliphatic rings. The number of likely N-dealkylation sites (tertiary alicyclic amines) is 1. The number of piperidine rings is 1. The maximum absolute atomic E-state index is 12.3. The van der Waals surface area contributed by atoms with Crippen LogP contribution in [0.3, 0.4) is 0 Å². The minimum absolute atomic E-state index is 0. The first-order chi connectivity index (χ1) is 15.5. The highest BCUT2D eigenvalue weighted by molar-refractivity contribution is 5.97. The summed E-state index contributed by atoms with van der Waals surface area (Å²) in [6.07, 6.45) is 2.73. The fraction of sp³-hybridized carbons (Fsp3) is 0.385. The van der Waals surface area contributed by atoms with Crippen molar-refractivity contribution >= 4 is 11.8 Å². The summed E-state index contributed by atoms with van der Waals surface area (Å²) in [6.45, 7) is 4.67. The zero-order chi connectivity index (χ0) is 22.9. The number of hydrogen-bond acceptors (Lipinski definition) is 5. The van der Waals surface area contributed by atoms with Gasteiger partial charge in [0.1, 0.15) is 6.04 Å². The highest BCUT2D eigenvalue weighted by Crippen LogP contribution is 2.13. The molecule has 1 saturated heterocycles. The topological polar surface area (TPSA) is 102 Å². The predicted octanol–water partition coefficient (Wildman–Crippen LogP) is 2.69. The van der Waals surface area contributed by atoms with Crippen molar-refractivity contribution in [2.75, 3.05) is 13.1 Å². The molecule has 0 spiro atoms. The maximum Gasteiger partial charge on any atom is 0.268 e. The Morgan fingerprint density at radius 1 is 0.970 bits per heavy atom. The molecule has 2 aromatic rings. The number of benzene rings is 2. The van der Waals surface area contributed by atoms with Gasteiger partial charge in [-0.05, 0) is 74.8 Å². The Morgan fingerprint density at radius 2 is 1.52 bits per heavy atom. The smallest absolute Gasteiger partial charge is 0.268 e. The zero-order valence-corrected chi connectivity index (χ0v) is 18.2. The van der Waals surface area contributed by atoms with Crippen LogP contribution in [0.5, 0.6) is 0 Å². The Kier molecular flexibility index (Phi) is 10.1. The molecule has 0 aromatic heterocycles. The van der Waals surface area contributed by atoms with Gasteiger partial charge in [-0.2, -0.15) is 0 Å². The van der Waals surface area contributed by atoms with Crippen molar-refractivity contribution in [1.29, 1.82) is 0 Å². The first-order valence-electron chi connectivity index (χ1n) is 10.8. The SMILES string of the molecule is C.C[C@@H](O)[C@H](NC(=O)c1ccc(C#Cc2ccc(CN3CCCCC3)cc2)cc1)C(=O)NO. The van der Waals surface area contributed by atoms with Gasteiger partial charge < -0.3 is 10.4 Å². The number of carbonyl (C=O) groups is 2. The summed E-state index contributed by atoms with van der Waals surface area (Å²) in [4.78, 5) is 26.4. The van der Waals surface area contributed by atoms with Crippen LogP contribution in [0.15, 0.2) is 48.5 Å². The normalized spacial score (nSPS) is 15.2. The fourth-order valence-corrected chi connectivity index (χ4v) is 3.62. The average molecular weight is 452 g/mol. The maximum atomic E-state index is 12.3. The van der Waals surface area contributed by atoms with Gasteiger partial charge in [-0.25, -0.2) is 5.48 Å². The van der Waals surface area contributed by atoms with Gasteiger partial charge in [-0.3, -0.25) is 19.7 Å². The highest BCUT2D eigenvalue weighted by Gasteiger charge is 2.25. The lowest BCUT2D eigenvalue weighted by molar-refractivity contribution is -0.133. The number of aliphatic hydroxyl groups is 1. The predicted molar refractivity (Wildman–Crippen MR) is 128 cm³/mol. The second kappa shape index (κ2) is 12.8. The standard InChI is InChI=1S/C25H29N3O4.CH4/c1-18(29)23(25(31)27-32)26-24(30)22-13-11-20(12-14-22)6-5-19-7-9-21(10-8-19)17-28-15-3-2-4-16-28;/h7-14,18,23,29,32H,2-4,15-17H2,1H3,(H,26,30)(H,27,31);1H4/t18-,23+;/m1./s1. The Morgan fingerprint density at radius 3 is 2.03 bits per heavy atom. The minimum atomic E-state index is -1.26. The zero-order valence-electron chi connectivity index (χ0n) is 18.2. The Labute approximate surface area is 195 Å². The largest absolute Gasteiger partial charge is 0.391 e. The summed E-state index contributed by atoms with van der Waals surface area (Å²) in [5.41, 5.74) is 4.71. The molecule has 2 atom stereocenters. The Hall–Kier alpha value is -3.18. The molecule has 0 aliphatic carbocycles. The Balaban J connectivity index is 0.00000385. The first kappa shape index (κ1) is 26.1. The van der Waals surface area contributed by atoms with E-state index in [9.17, 15) is 14.7 Å². The van der Waals surface area contributed by atoms with Gasteiger partial charge in [0, 0.05) is 23.2 Å². The van der Waals surface area contributed by atoms with Gasteiger partial charge in [0.05, 0.1) is 6.10 Å². The molecule has 7 heteroatoms. The van der Waals surface area contributed by atoms with E-state index in [1.807, 2.05) is 12.1 Å². The van der Waals surface area contributed by atoms with Crippen molar-refractivity contribution in [3.05, 3.63) is 70.8 Å². The molecular weight excluding hydrogens is 418 g/mol. The molecule has 2 amide bonds. The molecule has 33 heavy (non-hydrogen) atoms. The van der Waals surface area contributed by atoms with Crippen molar-refractivity contribution in [3.8, 4) is 11.8 Å². The monoisotopic (exact) mass is 451 g/mol. The Bertz CT molecular complexity index is 969. The lowest BCUT2D eigenvalue weighted by atomic mass is 10.1. The first-order valence-corrected chi connectivity index (χ1v) is 10.8. The van der Waals surface area contributed by atoms with Gasteiger partial charge in [0.15, 0.2) is 0 Å². The van der Waals surface area contributed by atoms with Crippen LogP contribution < -0.4 is 10.8 Å². The van der Waals surface area contributed by atoms with Crippen molar-refractivity contribution in [3.63, 3.8) is 0 Å². The lowest BCUT2D eigenvalue weighted by Gasteiger charge is -2.26. The van der Waals surface area contributed by atoms with Gasteiger partial charge in [0.2, 0.25) is 0 Å². The molecule has 0 saturated carbocycles. The number of hydroxylamine groups is 1. The molecule has 176 valence electrons. The minimum Gasteiger partial charge on any atom is -0.391 e. The molecule has 0 radical (unpaired) electrons. The van der Waals surface area contributed by atoms with Gasteiger partial charge in [-0.1, -0.05) is 37.8 Å². The van der Waals surface area contributed by atoms with E-state index in [0.717, 1.165) is 17.7 Å². The van der Waals surface area contributed by atoms with Crippen LogP contribution in [0.2, 0.25) is 0 Å². The van der Waals surface area contributed by atoms with Crippen LogP contribution in [0, 0.1) is 11.8 Å². The van der Waals surface area contributed by atoms with Crippen LogP contribution in [0.4, 0.5) is 0 Å². The molecule has 3 rings (SSSR count). The summed E-state index contributed by atoms with van der Waals surface area (Å²) in [7, 11) is 0. The molecule has 1 heterocycles. The molecule has 7 nitrogen and oxygen atoms in total. The van der Waals surface area contributed by atoms with Crippen molar-refractivity contribution in [1.82, 2.24) is 15.7 Å². The van der Waals surface area contributed by atoms with Crippen molar-refractivity contribution in [2.24, 2.45) is 0 Å². The number of amides is 2. The number of aliphatic hydroxyl groups excluding tert-OH is 1. The third-order valence-corrected chi connectivity index (χ3v) is 5.47. The number of nitrogens with zero attached hydrogens (tertiary/aromatic N) is 1. The van der Waals surface area contributed by atoms with E-state index >= 15 is 0 Å². The summed E-state index contributed by atoms with van der Waals surface area (Å²) >= 11 is 0. The van der Waals surface area contributed by atoms with Crippen LogP contribution >= 0.6 is 0 Å². The molecule has 0 bridgehead atoms. The third-order valence-electron chi connectivity index (χ3n) is 5.47. The van der Waals surface area contributed by atoms with Crippen LogP contribution in [-0.4, -0.2) is 52.3 Å². The summed E-state index contributed by atoms with van der Waals surface area (Å²) < 4.78 is 0. The second-order valence-electron chi connectivity index (χ2n) is 8.03. The number of nitrogens with one attached hydrogen (secondary N) is 2. The second-order valence-corrected chi connectivity index (χ2v) is 8.03. The van der Waals surface area contributed by atoms with Crippen LogP contribution in [0.25, 0.3) is 0 Å². The molecule has 1 aliphatic heterocycles. The van der Waals surface area contributed by atoms with Crippen molar-refractivity contribution in [2.45, 2.75) is 52.3 Å². The van der Waals surface area contributed by atoms with E-state index in [0.29, 0.717) is 5.56 Å². The quantitative estimate of drug-likeness (QED) is 0.307. The number of hydrogen-bond donors (Lipinski definition) is 4. The van der Waals surface area contributed by atoms with Gasteiger partial charge in [0.25, 0.3) is 11.8 Å². The summed E-state index contributed by atoms with van der Waals surface area (Å²) in [5, 5.41) is 20.8. The van der Waals surface area contributed by atoms with Crippen molar-refractivity contribution < 1.29 is 19.9 Å². The average Bonchev–Trinajstić information content (AvgIpc) is 2.82. The van der Waals surface area contributed by atoms with Crippen LogP contribution in [-0.2, 0) is 11.3 Å². The molecule has 4 N–H and O–H groups in total. The molecule has 1 fully saturated rings. The number of carbonyl (C=O) groups excluding carboxylic acids is 2. The third kappa shape index (κ3) is 7.72. The molecular formula is C26H33N3O4. The van der Waals surface area contributed by atoms with E-state index in [1.54, 1.807) is 24.3 Å². The summed E-state index contributed by atoms with van der Waals surface area (Å²) in [5.74, 6) is 4.79. The van der Waals surface area contributed by atoms with E-state index in [-0.39, 0.29) is 7.43 Å². The van der Waals surface area contributed by atoms with E-state index in [4.69, 9.17) is 5.21 Å². The van der Waals surface area contributed by atoms with Gasteiger partial charge in [-0.15, -0.1) is 0 Å². The lowest BCUT2D eigenvalue weighted by Crippen LogP contribution is -2.51. The van der Waals surface area contributed by atoms with E-state index < -0.39 is 24.0 Å². The molecule has 0 unspecified atom stereocenters.